The molecule has 1 unspecified atom stereocenters. The van der Waals surface area contributed by atoms with E-state index in [0.29, 0.717) is 0 Å². The molecule has 0 fully saturated rings. The van der Waals surface area contributed by atoms with Crippen molar-refractivity contribution < 1.29 is 0 Å². The Morgan fingerprint density at radius 2 is 2.00 bits per heavy atom. The van der Waals surface area contributed by atoms with Crippen LogP contribution in [0.25, 0.3) is 10.6 Å². The topological polar surface area (TPSA) is 25.8 Å². The summed E-state index contributed by atoms with van der Waals surface area (Å²) in [5.41, 5.74) is 3.60. The first kappa shape index (κ1) is 11.6. The number of halogens is 1. The van der Waals surface area contributed by atoms with E-state index in [1.807, 2.05) is 6.92 Å². The van der Waals surface area contributed by atoms with Crippen molar-refractivity contribution in [3.05, 3.63) is 34.3 Å². The average molecular weight is 253 g/mol. The number of alkyl halides is 1. The maximum Gasteiger partial charge on any atom is 0.148 e. The quantitative estimate of drug-likeness (QED) is 0.752. The first-order valence-corrected chi connectivity index (χ1v) is 6.38. The number of aryl methyl sites for hydroxylation is 2. The number of nitrogens with zero attached hydrogens (tertiary/aromatic N) is 2. The average Bonchev–Trinajstić information content (AvgIpc) is 2.70. The molecule has 2 rings (SSSR count). The second kappa shape index (κ2) is 4.52. The predicted octanol–water partition coefficient (Wildman–Crippen LogP) is 4.12. The van der Waals surface area contributed by atoms with Crippen LogP contribution in [0.15, 0.2) is 18.2 Å². The van der Waals surface area contributed by atoms with Crippen molar-refractivity contribution in [1.82, 2.24) is 10.2 Å². The molecule has 0 saturated carbocycles. The Hall–Kier alpha value is -0.930. The van der Waals surface area contributed by atoms with Crippen LogP contribution in [0, 0.1) is 13.8 Å². The minimum absolute atomic E-state index is 0.0728. The third-order valence-corrected chi connectivity index (χ3v) is 3.88. The van der Waals surface area contributed by atoms with Crippen LogP contribution in [0.2, 0.25) is 0 Å². The summed E-state index contributed by atoms with van der Waals surface area (Å²) in [7, 11) is 0. The fourth-order valence-corrected chi connectivity index (χ4v) is 2.50. The Kier molecular flexibility index (Phi) is 3.26. The first-order valence-electron chi connectivity index (χ1n) is 5.13. The van der Waals surface area contributed by atoms with E-state index in [1.54, 1.807) is 11.3 Å². The highest BCUT2D eigenvalue weighted by molar-refractivity contribution is 7.15. The molecular weight excluding hydrogens is 240 g/mol. The Balaban J connectivity index is 2.46. The van der Waals surface area contributed by atoms with Gasteiger partial charge in [0.05, 0.1) is 5.38 Å². The van der Waals surface area contributed by atoms with E-state index < -0.39 is 0 Å². The molecule has 0 saturated heterocycles. The van der Waals surface area contributed by atoms with Crippen molar-refractivity contribution in [3.63, 3.8) is 0 Å². The lowest BCUT2D eigenvalue weighted by molar-refractivity contribution is 0.962. The van der Waals surface area contributed by atoms with Crippen LogP contribution < -0.4 is 0 Å². The normalized spacial score (nSPS) is 12.8. The fraction of sp³-hybridized carbons (Fsp3) is 0.333. The van der Waals surface area contributed by atoms with Crippen LogP contribution in [0.5, 0.6) is 0 Å². The van der Waals surface area contributed by atoms with Crippen molar-refractivity contribution >= 4 is 22.9 Å². The maximum absolute atomic E-state index is 5.98. The van der Waals surface area contributed by atoms with Crippen molar-refractivity contribution in [2.45, 2.75) is 26.1 Å². The van der Waals surface area contributed by atoms with Crippen LogP contribution in [0.4, 0.5) is 0 Å². The van der Waals surface area contributed by atoms with Crippen LogP contribution in [-0.2, 0) is 0 Å². The summed E-state index contributed by atoms with van der Waals surface area (Å²) in [6, 6.07) is 6.35. The van der Waals surface area contributed by atoms with Crippen LogP contribution in [0.3, 0.4) is 0 Å². The minimum Gasteiger partial charge on any atom is -0.142 e. The lowest BCUT2D eigenvalue weighted by atomic mass is 10.1. The van der Waals surface area contributed by atoms with E-state index in [1.165, 1.54) is 11.1 Å². The van der Waals surface area contributed by atoms with Crippen molar-refractivity contribution in [2.24, 2.45) is 0 Å². The third kappa shape index (κ3) is 2.25. The summed E-state index contributed by atoms with van der Waals surface area (Å²) in [4.78, 5) is 0. The summed E-state index contributed by atoms with van der Waals surface area (Å²) in [5.74, 6) is 0. The number of rotatable bonds is 2. The largest absolute Gasteiger partial charge is 0.148 e. The van der Waals surface area contributed by atoms with E-state index in [4.69, 9.17) is 11.6 Å². The molecule has 0 amide bonds. The summed E-state index contributed by atoms with van der Waals surface area (Å²) in [5, 5.41) is 10.0. The first-order chi connectivity index (χ1) is 7.58. The monoisotopic (exact) mass is 252 g/mol. The summed E-state index contributed by atoms with van der Waals surface area (Å²) < 4.78 is 0. The van der Waals surface area contributed by atoms with Gasteiger partial charge in [0.15, 0.2) is 0 Å². The van der Waals surface area contributed by atoms with Gasteiger partial charge in [0, 0.05) is 5.56 Å². The zero-order chi connectivity index (χ0) is 11.7. The standard InChI is InChI=1S/C12H13ClN2S/c1-7-4-5-8(2)10(6-7)12-15-14-11(16-12)9(3)13/h4-6,9H,1-3H3. The molecule has 16 heavy (non-hydrogen) atoms. The second-order valence-corrected chi connectivity index (χ2v) is 5.54. The van der Waals surface area contributed by atoms with E-state index in [-0.39, 0.29) is 5.38 Å². The lowest BCUT2D eigenvalue weighted by Crippen LogP contribution is -1.84. The number of aromatic nitrogens is 2. The molecule has 2 aromatic rings. The van der Waals surface area contributed by atoms with E-state index in [0.717, 1.165) is 15.6 Å². The van der Waals surface area contributed by atoms with E-state index in [2.05, 4.69) is 42.2 Å². The van der Waals surface area contributed by atoms with Gasteiger partial charge in [0.2, 0.25) is 0 Å². The minimum atomic E-state index is -0.0728. The van der Waals surface area contributed by atoms with Crippen molar-refractivity contribution in [3.8, 4) is 10.6 Å². The van der Waals surface area contributed by atoms with Gasteiger partial charge in [-0.25, -0.2) is 0 Å². The van der Waals surface area contributed by atoms with Crippen LogP contribution in [-0.4, -0.2) is 10.2 Å². The molecule has 1 aromatic carbocycles. The van der Waals surface area contributed by atoms with Crippen molar-refractivity contribution in [2.75, 3.05) is 0 Å². The molecule has 0 spiro atoms. The lowest BCUT2D eigenvalue weighted by Gasteiger charge is -2.02. The molecule has 0 bridgehead atoms. The summed E-state index contributed by atoms with van der Waals surface area (Å²) >= 11 is 7.55. The summed E-state index contributed by atoms with van der Waals surface area (Å²) in [6.45, 7) is 6.07. The molecule has 0 aliphatic carbocycles. The van der Waals surface area contributed by atoms with Gasteiger partial charge in [-0.05, 0) is 32.4 Å². The highest BCUT2D eigenvalue weighted by Crippen LogP contribution is 2.31. The van der Waals surface area contributed by atoms with Crippen molar-refractivity contribution in [1.29, 1.82) is 0 Å². The summed E-state index contributed by atoms with van der Waals surface area (Å²) in [6.07, 6.45) is 0. The molecule has 1 aromatic heterocycles. The number of hydrogen-bond acceptors (Lipinski definition) is 3. The van der Waals surface area contributed by atoms with Gasteiger partial charge >= 0.3 is 0 Å². The molecule has 0 N–H and O–H groups in total. The van der Waals surface area contributed by atoms with Crippen LogP contribution >= 0.6 is 22.9 Å². The van der Waals surface area contributed by atoms with Gasteiger partial charge < -0.3 is 0 Å². The molecule has 2 nitrogen and oxygen atoms in total. The van der Waals surface area contributed by atoms with E-state index in [9.17, 15) is 0 Å². The molecule has 84 valence electrons. The molecular formula is C12H13ClN2S. The predicted molar refractivity (Wildman–Crippen MR) is 69.1 cm³/mol. The number of benzene rings is 1. The smallest absolute Gasteiger partial charge is 0.142 e. The third-order valence-electron chi connectivity index (χ3n) is 2.40. The van der Waals surface area contributed by atoms with Gasteiger partial charge in [-0.15, -0.1) is 21.8 Å². The molecule has 4 heteroatoms. The Morgan fingerprint density at radius 3 is 2.62 bits per heavy atom. The highest BCUT2D eigenvalue weighted by Gasteiger charge is 2.12. The Bertz CT molecular complexity index is 505. The van der Waals surface area contributed by atoms with Gasteiger partial charge in [0.1, 0.15) is 10.0 Å². The number of hydrogen-bond donors (Lipinski definition) is 0. The SMILES string of the molecule is Cc1ccc(C)c(-c2nnc(C(C)Cl)s2)c1. The molecule has 0 aliphatic rings. The fourth-order valence-electron chi connectivity index (χ4n) is 1.47. The van der Waals surface area contributed by atoms with Gasteiger partial charge in [-0.2, -0.15) is 0 Å². The van der Waals surface area contributed by atoms with Gasteiger partial charge in [-0.3, -0.25) is 0 Å². The van der Waals surface area contributed by atoms with Gasteiger partial charge in [-0.1, -0.05) is 29.0 Å². The van der Waals surface area contributed by atoms with Crippen LogP contribution in [0.1, 0.15) is 28.4 Å². The molecule has 1 heterocycles. The maximum atomic E-state index is 5.98. The highest BCUT2D eigenvalue weighted by atomic mass is 35.5. The van der Waals surface area contributed by atoms with Gasteiger partial charge in [0.25, 0.3) is 0 Å². The molecule has 0 aliphatic heterocycles. The molecule has 0 radical (unpaired) electrons. The molecule has 1 atom stereocenters. The van der Waals surface area contributed by atoms with E-state index >= 15 is 0 Å². The Morgan fingerprint density at radius 1 is 1.25 bits per heavy atom. The Labute approximate surface area is 104 Å². The zero-order valence-corrected chi connectivity index (χ0v) is 11.1. The zero-order valence-electron chi connectivity index (χ0n) is 9.49. The second-order valence-electron chi connectivity index (χ2n) is 3.88.